The molecule has 0 aromatic carbocycles. The van der Waals surface area contributed by atoms with Crippen molar-refractivity contribution in [3.05, 3.63) is 0 Å². The summed E-state index contributed by atoms with van der Waals surface area (Å²) in [6.45, 7) is 6.55. The predicted octanol–water partition coefficient (Wildman–Crippen LogP) is 0.921. The first-order valence-electron chi connectivity index (χ1n) is 4.12. The highest BCUT2D eigenvalue weighted by Crippen LogP contribution is 2.22. The Labute approximate surface area is 68.9 Å². The number of hydroxylamine groups is 2. The number of nitrogens with zero attached hydrogens (tertiary/aromatic N) is 2. The lowest BCUT2D eigenvalue weighted by molar-refractivity contribution is -0.250. The van der Waals surface area contributed by atoms with Gasteiger partial charge in [0.15, 0.2) is 0 Å². The Morgan fingerprint density at radius 2 is 1.91 bits per heavy atom. The van der Waals surface area contributed by atoms with Crippen LogP contribution >= 0.6 is 0 Å². The van der Waals surface area contributed by atoms with Gasteiger partial charge in [0.25, 0.3) is 0 Å². The average molecular weight is 158 g/mol. The first kappa shape index (κ1) is 8.97. The van der Waals surface area contributed by atoms with Crippen LogP contribution in [0.2, 0.25) is 0 Å². The van der Waals surface area contributed by atoms with Crippen LogP contribution < -0.4 is 0 Å². The highest BCUT2D eigenvalue weighted by molar-refractivity contribution is 4.80. The molecule has 1 heterocycles. The minimum Gasteiger partial charge on any atom is -0.301 e. The number of hydrogen-bond donors (Lipinski definition) is 0. The lowest BCUT2D eigenvalue weighted by Crippen LogP contribution is -2.58. The van der Waals surface area contributed by atoms with Gasteiger partial charge in [0.05, 0.1) is 12.8 Å². The molecule has 0 bridgehead atoms. The Morgan fingerprint density at radius 3 is 2.36 bits per heavy atom. The van der Waals surface area contributed by atoms with E-state index in [1.165, 1.54) is 6.42 Å². The highest BCUT2D eigenvalue weighted by atomic mass is 16.7. The van der Waals surface area contributed by atoms with Crippen molar-refractivity contribution in [3.63, 3.8) is 0 Å². The zero-order chi connectivity index (χ0) is 8.48. The summed E-state index contributed by atoms with van der Waals surface area (Å²) < 4.78 is 0. The standard InChI is InChI=1S/C8H18N2O/c1-8(2)9(3)6-5-7-10(8)11-4/h5-7H2,1-4H3. The van der Waals surface area contributed by atoms with Crippen molar-refractivity contribution in [2.75, 3.05) is 27.2 Å². The van der Waals surface area contributed by atoms with Crippen LogP contribution in [0.1, 0.15) is 20.3 Å². The molecule has 0 N–H and O–H groups in total. The van der Waals surface area contributed by atoms with Gasteiger partial charge < -0.3 is 4.84 Å². The first-order valence-corrected chi connectivity index (χ1v) is 4.12. The topological polar surface area (TPSA) is 15.7 Å². The van der Waals surface area contributed by atoms with E-state index in [2.05, 4.69) is 25.8 Å². The van der Waals surface area contributed by atoms with Crippen molar-refractivity contribution in [1.82, 2.24) is 9.96 Å². The third kappa shape index (κ3) is 1.55. The fraction of sp³-hybridized carbons (Fsp3) is 1.00. The van der Waals surface area contributed by atoms with Gasteiger partial charge in [0.2, 0.25) is 0 Å². The van der Waals surface area contributed by atoms with Gasteiger partial charge in [-0.3, -0.25) is 4.90 Å². The molecule has 1 aliphatic rings. The van der Waals surface area contributed by atoms with Gasteiger partial charge in [-0.2, -0.15) is 5.06 Å². The van der Waals surface area contributed by atoms with E-state index in [1.54, 1.807) is 7.11 Å². The molecule has 66 valence electrons. The van der Waals surface area contributed by atoms with Crippen LogP contribution in [0.5, 0.6) is 0 Å². The van der Waals surface area contributed by atoms with Gasteiger partial charge in [-0.05, 0) is 27.3 Å². The first-order chi connectivity index (χ1) is 5.09. The Bertz CT molecular complexity index is 136. The van der Waals surface area contributed by atoms with E-state index in [-0.39, 0.29) is 5.66 Å². The molecular formula is C8H18N2O. The van der Waals surface area contributed by atoms with Crippen LogP contribution in [0.3, 0.4) is 0 Å². The van der Waals surface area contributed by atoms with E-state index < -0.39 is 0 Å². The summed E-state index contributed by atoms with van der Waals surface area (Å²) in [4.78, 5) is 7.57. The van der Waals surface area contributed by atoms with Crippen molar-refractivity contribution in [2.24, 2.45) is 0 Å². The van der Waals surface area contributed by atoms with E-state index in [0.717, 1.165) is 13.1 Å². The second-order valence-corrected chi connectivity index (χ2v) is 3.55. The van der Waals surface area contributed by atoms with Crippen LogP contribution in [0.15, 0.2) is 0 Å². The Kier molecular flexibility index (Phi) is 2.52. The van der Waals surface area contributed by atoms with E-state index >= 15 is 0 Å². The summed E-state index contributed by atoms with van der Waals surface area (Å²) in [5.74, 6) is 0. The zero-order valence-corrected chi connectivity index (χ0v) is 7.92. The van der Waals surface area contributed by atoms with Crippen LogP contribution in [0, 0.1) is 0 Å². The second-order valence-electron chi connectivity index (χ2n) is 3.55. The third-order valence-electron chi connectivity index (χ3n) is 2.62. The fourth-order valence-corrected chi connectivity index (χ4v) is 1.50. The molecule has 0 spiro atoms. The van der Waals surface area contributed by atoms with Crippen molar-refractivity contribution in [3.8, 4) is 0 Å². The van der Waals surface area contributed by atoms with Gasteiger partial charge in [-0.1, -0.05) is 0 Å². The van der Waals surface area contributed by atoms with Crippen molar-refractivity contribution in [2.45, 2.75) is 25.9 Å². The molecule has 3 nitrogen and oxygen atoms in total. The lowest BCUT2D eigenvalue weighted by atomic mass is 10.1. The SMILES string of the molecule is CON1CCCN(C)C1(C)C. The zero-order valence-electron chi connectivity index (χ0n) is 7.92. The van der Waals surface area contributed by atoms with Crippen molar-refractivity contribution in [1.29, 1.82) is 0 Å². The molecule has 0 atom stereocenters. The molecule has 0 aliphatic carbocycles. The van der Waals surface area contributed by atoms with Gasteiger partial charge in [-0.25, -0.2) is 0 Å². The summed E-state index contributed by atoms with van der Waals surface area (Å²) in [6, 6.07) is 0. The molecule has 0 aromatic rings. The largest absolute Gasteiger partial charge is 0.301 e. The monoisotopic (exact) mass is 158 g/mol. The molecule has 0 radical (unpaired) electrons. The Hall–Kier alpha value is -0.120. The third-order valence-corrected chi connectivity index (χ3v) is 2.62. The molecule has 1 rings (SSSR count). The maximum absolute atomic E-state index is 5.27. The number of hydrogen-bond acceptors (Lipinski definition) is 3. The van der Waals surface area contributed by atoms with Crippen molar-refractivity contribution < 1.29 is 4.84 Å². The van der Waals surface area contributed by atoms with Gasteiger partial charge in [0, 0.05) is 13.1 Å². The average Bonchev–Trinajstić information content (AvgIpc) is 1.95. The minimum atomic E-state index is 0.0486. The van der Waals surface area contributed by atoms with Crippen LogP contribution in [-0.4, -0.2) is 42.9 Å². The quantitative estimate of drug-likeness (QED) is 0.564. The van der Waals surface area contributed by atoms with E-state index in [0.29, 0.717) is 0 Å². The predicted molar refractivity (Wildman–Crippen MR) is 45.0 cm³/mol. The summed E-state index contributed by atoms with van der Waals surface area (Å²) in [7, 11) is 3.87. The van der Waals surface area contributed by atoms with Crippen LogP contribution in [0.4, 0.5) is 0 Å². The van der Waals surface area contributed by atoms with Crippen LogP contribution in [-0.2, 0) is 4.84 Å². The molecule has 11 heavy (non-hydrogen) atoms. The summed E-state index contributed by atoms with van der Waals surface area (Å²) in [5, 5.41) is 2.02. The van der Waals surface area contributed by atoms with Gasteiger partial charge >= 0.3 is 0 Å². The Balaban J connectivity index is 2.64. The molecule has 1 fully saturated rings. The molecule has 1 saturated heterocycles. The molecule has 3 heteroatoms. The van der Waals surface area contributed by atoms with Crippen molar-refractivity contribution >= 4 is 0 Å². The van der Waals surface area contributed by atoms with E-state index in [9.17, 15) is 0 Å². The fourth-order valence-electron chi connectivity index (χ4n) is 1.50. The molecule has 0 aromatic heterocycles. The van der Waals surface area contributed by atoms with E-state index in [4.69, 9.17) is 4.84 Å². The normalized spacial score (nSPS) is 27.3. The summed E-state index contributed by atoms with van der Waals surface area (Å²) >= 11 is 0. The molecule has 0 unspecified atom stereocenters. The van der Waals surface area contributed by atoms with E-state index in [1.807, 2.05) is 5.06 Å². The molecular weight excluding hydrogens is 140 g/mol. The molecule has 0 saturated carbocycles. The van der Waals surface area contributed by atoms with Gasteiger partial charge in [-0.15, -0.1) is 0 Å². The molecule has 1 aliphatic heterocycles. The van der Waals surface area contributed by atoms with Gasteiger partial charge in [0.1, 0.15) is 0 Å². The Morgan fingerprint density at radius 1 is 1.27 bits per heavy atom. The maximum atomic E-state index is 5.27. The number of rotatable bonds is 1. The van der Waals surface area contributed by atoms with Crippen LogP contribution in [0.25, 0.3) is 0 Å². The summed E-state index contributed by atoms with van der Waals surface area (Å²) in [5.41, 5.74) is 0.0486. The smallest absolute Gasteiger partial charge is 0.0918 e. The molecule has 0 amide bonds. The highest BCUT2D eigenvalue weighted by Gasteiger charge is 2.34. The maximum Gasteiger partial charge on any atom is 0.0918 e. The minimum absolute atomic E-state index is 0.0486. The lowest BCUT2D eigenvalue weighted by Gasteiger charge is -2.47. The summed E-state index contributed by atoms with van der Waals surface area (Å²) in [6.07, 6.45) is 1.19. The second kappa shape index (κ2) is 3.09.